The molecule has 66 valence electrons. The smallest absolute Gasteiger partial charge is 0.217 e. The van der Waals surface area contributed by atoms with E-state index in [-0.39, 0.29) is 12.5 Å². The fraction of sp³-hybridized carbons (Fsp3) is 0.875. The van der Waals surface area contributed by atoms with Gasteiger partial charge in [-0.05, 0) is 25.2 Å². The summed E-state index contributed by atoms with van der Waals surface area (Å²) in [5.74, 6) is 0.260. The Morgan fingerprint density at radius 2 is 2.18 bits per heavy atom. The summed E-state index contributed by atoms with van der Waals surface area (Å²) in [5.41, 5.74) is 4.98. The van der Waals surface area contributed by atoms with Gasteiger partial charge in [-0.2, -0.15) is 0 Å². The third-order valence-corrected chi connectivity index (χ3v) is 1.74. The molecule has 11 heavy (non-hydrogen) atoms. The largest absolute Gasteiger partial charge is 0.396 e. The van der Waals surface area contributed by atoms with Crippen molar-refractivity contribution in [2.45, 2.75) is 32.6 Å². The number of amides is 1. The average Bonchev–Trinajstić information content (AvgIpc) is 1.97. The third-order valence-electron chi connectivity index (χ3n) is 1.74. The van der Waals surface area contributed by atoms with Gasteiger partial charge in [-0.15, -0.1) is 0 Å². The van der Waals surface area contributed by atoms with E-state index < -0.39 is 0 Å². The van der Waals surface area contributed by atoms with Crippen molar-refractivity contribution in [2.24, 2.45) is 11.7 Å². The second-order valence-corrected chi connectivity index (χ2v) is 2.98. The first kappa shape index (κ1) is 10.4. The Kier molecular flexibility index (Phi) is 5.84. The minimum absolute atomic E-state index is 0.235. The number of rotatable bonds is 6. The lowest BCUT2D eigenvalue weighted by Gasteiger charge is -2.07. The van der Waals surface area contributed by atoms with Crippen LogP contribution in [0.5, 0.6) is 0 Å². The van der Waals surface area contributed by atoms with Crippen LogP contribution in [-0.2, 0) is 4.79 Å². The Hall–Kier alpha value is -0.570. The van der Waals surface area contributed by atoms with Gasteiger partial charge in [-0.1, -0.05) is 6.92 Å². The van der Waals surface area contributed by atoms with Gasteiger partial charge in [-0.3, -0.25) is 4.79 Å². The zero-order valence-corrected chi connectivity index (χ0v) is 7.05. The molecule has 0 bridgehead atoms. The fourth-order valence-corrected chi connectivity index (χ4v) is 0.973. The normalized spacial score (nSPS) is 12.9. The lowest BCUT2D eigenvalue weighted by Crippen LogP contribution is -2.11. The summed E-state index contributed by atoms with van der Waals surface area (Å²) in [4.78, 5) is 10.4. The molecule has 3 heteroatoms. The molecule has 0 rings (SSSR count). The van der Waals surface area contributed by atoms with Crippen LogP contribution in [0.3, 0.4) is 0 Å². The molecule has 3 nitrogen and oxygen atoms in total. The minimum atomic E-state index is -0.235. The number of aliphatic hydroxyl groups excluding tert-OH is 1. The molecule has 0 aliphatic rings. The molecule has 1 atom stereocenters. The number of carbonyl (C=O) groups is 1. The minimum Gasteiger partial charge on any atom is -0.396 e. The van der Waals surface area contributed by atoms with Crippen LogP contribution >= 0.6 is 0 Å². The topological polar surface area (TPSA) is 63.3 Å². The molecular formula is C8H17NO2. The summed E-state index contributed by atoms with van der Waals surface area (Å²) >= 11 is 0. The average molecular weight is 159 g/mol. The van der Waals surface area contributed by atoms with Crippen LogP contribution in [-0.4, -0.2) is 17.6 Å². The molecule has 0 spiro atoms. The Morgan fingerprint density at radius 1 is 1.55 bits per heavy atom. The fourth-order valence-electron chi connectivity index (χ4n) is 0.973. The second-order valence-electron chi connectivity index (χ2n) is 2.98. The molecule has 0 aromatic carbocycles. The van der Waals surface area contributed by atoms with Crippen molar-refractivity contribution in [3.05, 3.63) is 0 Å². The monoisotopic (exact) mass is 159 g/mol. The van der Waals surface area contributed by atoms with Crippen molar-refractivity contribution in [3.8, 4) is 0 Å². The molecule has 1 amide bonds. The number of aliphatic hydroxyl groups is 1. The molecule has 0 aliphatic carbocycles. The Balaban J connectivity index is 3.22. The van der Waals surface area contributed by atoms with Gasteiger partial charge in [-0.25, -0.2) is 0 Å². The van der Waals surface area contributed by atoms with Gasteiger partial charge in [0.15, 0.2) is 0 Å². The molecule has 0 unspecified atom stereocenters. The second kappa shape index (κ2) is 6.16. The van der Waals surface area contributed by atoms with E-state index in [2.05, 4.69) is 6.92 Å². The number of carbonyl (C=O) groups excluding carboxylic acids is 1. The zero-order valence-electron chi connectivity index (χ0n) is 7.05. The first-order valence-corrected chi connectivity index (χ1v) is 4.06. The van der Waals surface area contributed by atoms with Gasteiger partial charge in [0.05, 0.1) is 0 Å². The van der Waals surface area contributed by atoms with Crippen molar-refractivity contribution in [1.82, 2.24) is 0 Å². The van der Waals surface area contributed by atoms with Crippen LogP contribution in [0.15, 0.2) is 0 Å². The highest BCUT2D eigenvalue weighted by Crippen LogP contribution is 2.11. The van der Waals surface area contributed by atoms with Crippen LogP contribution < -0.4 is 5.73 Å². The summed E-state index contributed by atoms with van der Waals surface area (Å²) < 4.78 is 0. The standard InChI is InChI=1S/C8H17NO2/c1-7(3-2-6-10)4-5-8(9)11/h7,10H,2-6H2,1H3,(H2,9,11)/t7-/m1/s1. The maximum absolute atomic E-state index is 10.4. The van der Waals surface area contributed by atoms with Gasteiger partial charge in [0, 0.05) is 13.0 Å². The van der Waals surface area contributed by atoms with E-state index >= 15 is 0 Å². The molecule has 0 aromatic heterocycles. The van der Waals surface area contributed by atoms with Gasteiger partial charge in [0.2, 0.25) is 5.91 Å². The van der Waals surface area contributed by atoms with Crippen LogP contribution in [0.4, 0.5) is 0 Å². The highest BCUT2D eigenvalue weighted by Gasteiger charge is 2.03. The SMILES string of the molecule is C[C@H](CCCO)CCC(N)=O. The van der Waals surface area contributed by atoms with Crippen LogP contribution in [0.2, 0.25) is 0 Å². The van der Waals surface area contributed by atoms with Crippen molar-refractivity contribution >= 4 is 5.91 Å². The van der Waals surface area contributed by atoms with E-state index in [0.717, 1.165) is 19.3 Å². The maximum atomic E-state index is 10.4. The highest BCUT2D eigenvalue weighted by atomic mass is 16.2. The van der Waals surface area contributed by atoms with E-state index in [1.54, 1.807) is 0 Å². The Labute approximate surface area is 67.6 Å². The zero-order chi connectivity index (χ0) is 8.69. The first-order chi connectivity index (χ1) is 5.16. The summed E-state index contributed by atoms with van der Waals surface area (Å²) in [6.07, 6.45) is 3.10. The van der Waals surface area contributed by atoms with Gasteiger partial charge in [0.1, 0.15) is 0 Å². The van der Waals surface area contributed by atoms with Crippen molar-refractivity contribution in [3.63, 3.8) is 0 Å². The molecule has 0 fully saturated rings. The third kappa shape index (κ3) is 7.33. The number of nitrogens with two attached hydrogens (primary N) is 1. The van der Waals surface area contributed by atoms with E-state index in [9.17, 15) is 4.79 Å². The maximum Gasteiger partial charge on any atom is 0.217 e. The molecule has 0 aromatic rings. The predicted molar refractivity (Wildman–Crippen MR) is 43.9 cm³/mol. The van der Waals surface area contributed by atoms with Gasteiger partial charge >= 0.3 is 0 Å². The van der Waals surface area contributed by atoms with Crippen LogP contribution in [0.1, 0.15) is 32.6 Å². The summed E-state index contributed by atoms with van der Waals surface area (Å²) in [6.45, 7) is 2.31. The number of hydrogen-bond donors (Lipinski definition) is 2. The van der Waals surface area contributed by atoms with Crippen LogP contribution in [0.25, 0.3) is 0 Å². The van der Waals surface area contributed by atoms with Gasteiger partial charge < -0.3 is 10.8 Å². The molecule has 3 N–H and O–H groups in total. The Morgan fingerprint density at radius 3 is 2.64 bits per heavy atom. The molecule has 0 radical (unpaired) electrons. The Bertz CT molecular complexity index is 115. The summed E-state index contributed by atoms with van der Waals surface area (Å²) in [6, 6.07) is 0. The van der Waals surface area contributed by atoms with E-state index in [4.69, 9.17) is 10.8 Å². The quantitative estimate of drug-likeness (QED) is 0.598. The highest BCUT2D eigenvalue weighted by molar-refractivity contribution is 5.73. The first-order valence-electron chi connectivity index (χ1n) is 4.06. The number of hydrogen-bond acceptors (Lipinski definition) is 2. The molecule has 0 saturated heterocycles. The summed E-state index contributed by atoms with van der Waals surface area (Å²) in [5, 5.41) is 8.50. The molecule has 0 heterocycles. The van der Waals surface area contributed by atoms with E-state index in [1.807, 2.05) is 0 Å². The van der Waals surface area contributed by atoms with E-state index in [1.165, 1.54) is 0 Å². The lowest BCUT2D eigenvalue weighted by molar-refractivity contribution is -0.118. The predicted octanol–water partition coefficient (Wildman–Crippen LogP) is 0.661. The van der Waals surface area contributed by atoms with Crippen LogP contribution in [0, 0.1) is 5.92 Å². The van der Waals surface area contributed by atoms with Crippen molar-refractivity contribution in [1.29, 1.82) is 0 Å². The molecule has 0 saturated carbocycles. The van der Waals surface area contributed by atoms with Gasteiger partial charge in [0.25, 0.3) is 0 Å². The number of primary amides is 1. The summed E-state index contributed by atoms with van der Waals surface area (Å²) in [7, 11) is 0. The van der Waals surface area contributed by atoms with Crippen molar-refractivity contribution < 1.29 is 9.90 Å². The van der Waals surface area contributed by atoms with Crippen molar-refractivity contribution in [2.75, 3.05) is 6.61 Å². The molecular weight excluding hydrogens is 142 g/mol. The lowest BCUT2D eigenvalue weighted by atomic mass is 10.00. The molecule has 0 aliphatic heterocycles. The van der Waals surface area contributed by atoms with E-state index in [0.29, 0.717) is 12.3 Å².